The van der Waals surface area contributed by atoms with Gasteiger partial charge in [0.25, 0.3) is 0 Å². The van der Waals surface area contributed by atoms with Crippen molar-refractivity contribution < 1.29 is 39.2 Å². The van der Waals surface area contributed by atoms with Crippen molar-refractivity contribution in [1.82, 2.24) is 0 Å². The van der Waals surface area contributed by atoms with Crippen molar-refractivity contribution in [2.24, 2.45) is 11.7 Å². The third kappa shape index (κ3) is 31.6. The van der Waals surface area contributed by atoms with E-state index in [0.717, 1.165) is 38.0 Å². The third-order valence-corrected chi connectivity index (χ3v) is 9.40. The molecule has 0 radical (unpaired) electrons. The second-order valence-electron chi connectivity index (χ2n) is 13.4. The minimum absolute atomic E-state index is 0.0434. The van der Waals surface area contributed by atoms with Crippen LogP contribution in [0, 0.1) is 5.92 Å². The molecule has 0 unspecified atom stereocenters. The van der Waals surface area contributed by atoms with Crippen LogP contribution < -0.4 is 5.73 Å². The molecule has 0 amide bonds. The Morgan fingerprint density at radius 2 is 1.40 bits per heavy atom. The summed E-state index contributed by atoms with van der Waals surface area (Å²) < 4.78 is 10.3. The molecule has 10 heteroatoms. The lowest BCUT2D eigenvalue weighted by atomic mass is 10.0. The second kappa shape index (κ2) is 33.7. The molecule has 0 fully saturated rings. The largest absolute Gasteiger partial charge is 0.481 e. The Morgan fingerprint density at radius 3 is 2.08 bits per heavy atom. The molecule has 50 heavy (non-hydrogen) atoms. The highest BCUT2D eigenvalue weighted by molar-refractivity contribution is 8.00. The van der Waals surface area contributed by atoms with Crippen LogP contribution in [0.1, 0.15) is 136 Å². The van der Waals surface area contributed by atoms with Gasteiger partial charge in [-0.25, -0.2) is 0 Å². The minimum Gasteiger partial charge on any atom is -0.481 e. The van der Waals surface area contributed by atoms with E-state index in [9.17, 15) is 24.6 Å². The molecule has 0 rings (SSSR count). The van der Waals surface area contributed by atoms with Gasteiger partial charge in [-0.1, -0.05) is 134 Å². The van der Waals surface area contributed by atoms with Crippen molar-refractivity contribution in [1.29, 1.82) is 0 Å². The van der Waals surface area contributed by atoms with Gasteiger partial charge in [0.1, 0.15) is 25.4 Å². The zero-order valence-electron chi connectivity index (χ0n) is 31.2. The number of hydrogen-bond donors (Lipinski definition) is 4. The zero-order chi connectivity index (χ0) is 37.2. The normalized spacial score (nSPS) is 14.6. The Kier molecular flexibility index (Phi) is 32.1. The minimum atomic E-state index is -1.16. The molecule has 0 aromatic rings. The van der Waals surface area contributed by atoms with Gasteiger partial charge in [-0.05, 0) is 44.4 Å². The summed E-state index contributed by atoms with van der Waals surface area (Å²) in [5.41, 5.74) is 6.04. The first-order valence-corrected chi connectivity index (χ1v) is 20.0. The van der Waals surface area contributed by atoms with Crippen LogP contribution in [-0.4, -0.2) is 75.7 Å². The van der Waals surface area contributed by atoms with Crippen molar-refractivity contribution in [3.63, 3.8) is 0 Å². The first-order chi connectivity index (χ1) is 24.1. The molecule has 0 aromatic heterocycles. The molecule has 9 nitrogen and oxygen atoms in total. The number of thioether (sulfide) groups is 1. The molecule has 4 atom stereocenters. The number of rotatable bonds is 33. The van der Waals surface area contributed by atoms with Crippen LogP contribution in [-0.2, 0) is 23.9 Å². The van der Waals surface area contributed by atoms with E-state index in [0.29, 0.717) is 12.8 Å². The first kappa shape index (κ1) is 47.6. The second-order valence-corrected chi connectivity index (χ2v) is 14.6. The van der Waals surface area contributed by atoms with Crippen LogP contribution in [0.25, 0.3) is 0 Å². The number of carboxylic acids is 1. The molecule has 0 aliphatic carbocycles. The molecule has 0 bridgehead atoms. The maximum absolute atomic E-state index is 12.5. The van der Waals surface area contributed by atoms with Gasteiger partial charge in [-0.15, -0.1) is 11.8 Å². The van der Waals surface area contributed by atoms with Gasteiger partial charge in [-0.3, -0.25) is 14.4 Å². The monoisotopic (exact) mass is 723 g/mol. The van der Waals surface area contributed by atoms with E-state index in [-0.39, 0.29) is 37.8 Å². The SMILES string of the molecule is CCCCC/C=C\C\C=C/C=C/C=C/[C@@H](SC[C@H](N)C(=O)OC[C@@H](O)COC(=O)CCCCCCCCCCC(C)C)[C@@H](O)CCCC(=O)O. The summed E-state index contributed by atoms with van der Waals surface area (Å²) in [6.07, 6.45) is 30.6. The average Bonchev–Trinajstić information content (AvgIpc) is 3.08. The van der Waals surface area contributed by atoms with Gasteiger partial charge in [0.15, 0.2) is 0 Å². The summed E-state index contributed by atoms with van der Waals surface area (Å²) >= 11 is 1.27. The predicted octanol–water partition coefficient (Wildman–Crippen LogP) is 8.23. The number of aliphatic carboxylic acids is 1. The molecular formula is C40H69NO8S. The summed E-state index contributed by atoms with van der Waals surface area (Å²) in [6.45, 7) is 6.09. The van der Waals surface area contributed by atoms with Crippen LogP contribution in [0.3, 0.4) is 0 Å². The molecule has 5 N–H and O–H groups in total. The lowest BCUT2D eigenvalue weighted by Gasteiger charge is -2.21. The van der Waals surface area contributed by atoms with Crippen LogP contribution in [0.2, 0.25) is 0 Å². The van der Waals surface area contributed by atoms with E-state index < -0.39 is 35.4 Å². The van der Waals surface area contributed by atoms with Gasteiger partial charge in [-0.2, -0.15) is 0 Å². The molecule has 0 heterocycles. The Bertz CT molecular complexity index is 980. The fourth-order valence-electron chi connectivity index (χ4n) is 4.95. The van der Waals surface area contributed by atoms with Crippen molar-refractivity contribution in [3.05, 3.63) is 48.6 Å². The maximum Gasteiger partial charge on any atom is 0.323 e. The van der Waals surface area contributed by atoms with Gasteiger partial charge in [0, 0.05) is 23.8 Å². The molecule has 0 saturated heterocycles. The number of ether oxygens (including phenoxy) is 2. The number of nitrogens with two attached hydrogens (primary N) is 1. The fourth-order valence-corrected chi connectivity index (χ4v) is 6.07. The summed E-state index contributed by atoms with van der Waals surface area (Å²) in [5.74, 6) is -1.10. The number of allylic oxidation sites excluding steroid dienone is 7. The fraction of sp³-hybridized carbons (Fsp3) is 0.725. The zero-order valence-corrected chi connectivity index (χ0v) is 32.0. The standard InChI is InChI=1S/C40H69NO8S/c1-4-5-6-7-8-9-10-11-12-16-19-22-27-37(36(43)26-24-28-38(44)45)50-32-35(41)40(47)49-31-34(42)30-48-39(46)29-23-20-17-14-13-15-18-21-25-33(2)3/h8-9,11-12,16,19,22,27,33-37,42-43H,4-7,10,13-15,17-18,20-21,23-26,28-32,41H2,1-3H3,(H,44,45)/b9-8-,12-11-,19-16+,27-22+/t34-,35-,36-,37+/m0/s1. The highest BCUT2D eigenvalue weighted by atomic mass is 32.2. The number of unbranched alkanes of at least 4 members (excludes halogenated alkanes) is 10. The van der Waals surface area contributed by atoms with E-state index in [1.54, 1.807) is 12.2 Å². The van der Waals surface area contributed by atoms with Crippen LogP contribution in [0.5, 0.6) is 0 Å². The third-order valence-electron chi connectivity index (χ3n) is 7.99. The Labute approximate surface area is 307 Å². The molecular weight excluding hydrogens is 655 g/mol. The summed E-state index contributed by atoms with van der Waals surface area (Å²) in [7, 11) is 0. The summed E-state index contributed by atoms with van der Waals surface area (Å²) in [4.78, 5) is 35.4. The number of carbonyl (C=O) groups excluding carboxylic acids is 2. The van der Waals surface area contributed by atoms with Gasteiger partial charge < -0.3 is 30.5 Å². The molecule has 0 aromatic carbocycles. The van der Waals surface area contributed by atoms with Crippen molar-refractivity contribution in [2.75, 3.05) is 19.0 Å². The highest BCUT2D eigenvalue weighted by Gasteiger charge is 2.23. The molecule has 0 saturated carbocycles. The number of carbonyl (C=O) groups is 3. The predicted molar refractivity (Wildman–Crippen MR) is 206 cm³/mol. The van der Waals surface area contributed by atoms with Crippen molar-refractivity contribution >= 4 is 29.7 Å². The van der Waals surface area contributed by atoms with Gasteiger partial charge in [0.05, 0.1) is 6.10 Å². The number of aliphatic hydroxyl groups excluding tert-OH is 2. The van der Waals surface area contributed by atoms with E-state index in [4.69, 9.17) is 20.3 Å². The van der Waals surface area contributed by atoms with Crippen LogP contribution >= 0.6 is 11.8 Å². The average molecular weight is 724 g/mol. The Morgan fingerprint density at radius 1 is 0.740 bits per heavy atom. The van der Waals surface area contributed by atoms with Crippen LogP contribution in [0.15, 0.2) is 48.6 Å². The van der Waals surface area contributed by atoms with Crippen molar-refractivity contribution in [3.8, 4) is 0 Å². The van der Waals surface area contributed by atoms with Crippen LogP contribution in [0.4, 0.5) is 0 Å². The molecule has 0 aliphatic rings. The Balaban J connectivity index is 4.46. The molecule has 0 spiro atoms. The van der Waals surface area contributed by atoms with E-state index in [1.807, 2.05) is 18.2 Å². The lowest BCUT2D eigenvalue weighted by molar-refractivity contribution is -0.153. The quantitative estimate of drug-likeness (QED) is 0.0225. The smallest absolute Gasteiger partial charge is 0.323 e. The molecule has 288 valence electrons. The Hall–Kier alpha value is -2.40. The number of esters is 2. The topological polar surface area (TPSA) is 156 Å². The van der Waals surface area contributed by atoms with Gasteiger partial charge in [0.2, 0.25) is 0 Å². The highest BCUT2D eigenvalue weighted by Crippen LogP contribution is 2.21. The maximum atomic E-state index is 12.5. The van der Waals surface area contributed by atoms with Gasteiger partial charge >= 0.3 is 17.9 Å². The molecule has 0 aliphatic heterocycles. The number of aliphatic hydroxyl groups is 2. The summed E-state index contributed by atoms with van der Waals surface area (Å²) in [6, 6.07) is -1.01. The number of carboxylic acid groups (broad SMARTS) is 1. The van der Waals surface area contributed by atoms with Crippen molar-refractivity contribution in [2.45, 2.75) is 160 Å². The lowest BCUT2D eigenvalue weighted by Crippen LogP contribution is -2.38. The first-order valence-electron chi connectivity index (χ1n) is 19.0. The number of hydrogen-bond acceptors (Lipinski definition) is 9. The van der Waals surface area contributed by atoms with E-state index in [2.05, 4.69) is 39.0 Å². The summed E-state index contributed by atoms with van der Waals surface area (Å²) in [5, 5.41) is 29.4. The van der Waals surface area contributed by atoms with E-state index in [1.165, 1.54) is 69.5 Å². The van der Waals surface area contributed by atoms with E-state index >= 15 is 0 Å².